The van der Waals surface area contributed by atoms with Crippen LogP contribution >= 0.6 is 23.1 Å². The summed E-state index contributed by atoms with van der Waals surface area (Å²) in [6.07, 6.45) is 2.18. The van der Waals surface area contributed by atoms with Crippen LogP contribution in [-0.4, -0.2) is 34.6 Å². The first-order chi connectivity index (χ1) is 9.17. The van der Waals surface area contributed by atoms with Crippen LogP contribution in [0, 0.1) is 22.7 Å². The van der Waals surface area contributed by atoms with Crippen LogP contribution in [-0.2, 0) is 4.79 Å². The molecule has 0 aliphatic heterocycles. The molecule has 0 radical (unpaired) electrons. The van der Waals surface area contributed by atoms with Crippen molar-refractivity contribution in [2.24, 2.45) is 0 Å². The maximum atomic E-state index is 12.0. The minimum absolute atomic E-state index is 0.0810. The molecule has 1 aromatic rings. The van der Waals surface area contributed by atoms with Crippen LogP contribution in [0.4, 0.5) is 5.13 Å². The van der Waals surface area contributed by atoms with Gasteiger partial charge >= 0.3 is 0 Å². The molecule has 6 nitrogen and oxygen atoms in total. The van der Waals surface area contributed by atoms with Crippen molar-refractivity contribution < 1.29 is 4.79 Å². The van der Waals surface area contributed by atoms with E-state index < -0.39 is 0 Å². The maximum Gasteiger partial charge on any atom is 0.233 e. The van der Waals surface area contributed by atoms with Gasteiger partial charge in [-0.15, -0.1) is 11.8 Å². The van der Waals surface area contributed by atoms with Crippen molar-refractivity contribution in [2.45, 2.75) is 17.1 Å². The van der Waals surface area contributed by atoms with E-state index in [1.807, 2.05) is 12.1 Å². The number of nitrogens with two attached hydrogens (primary N) is 1. The summed E-state index contributed by atoms with van der Waals surface area (Å²) >= 11 is 2.69. The van der Waals surface area contributed by atoms with Crippen LogP contribution < -0.4 is 5.73 Å². The molecule has 0 saturated carbocycles. The van der Waals surface area contributed by atoms with E-state index in [1.165, 1.54) is 23.1 Å². The van der Waals surface area contributed by atoms with E-state index in [0.717, 1.165) is 4.21 Å². The number of hydrogen-bond donors (Lipinski definition) is 1. The fraction of sp³-hybridized carbons (Fsp3) is 0.455. The predicted molar refractivity (Wildman–Crippen MR) is 74.3 cm³/mol. The van der Waals surface area contributed by atoms with E-state index in [-0.39, 0.29) is 24.5 Å². The highest BCUT2D eigenvalue weighted by atomic mass is 32.2. The molecule has 0 fully saturated rings. The Bertz CT molecular complexity index is 484. The smallest absolute Gasteiger partial charge is 0.233 e. The molecule has 100 valence electrons. The molecule has 0 aliphatic rings. The number of carbonyl (C=O) groups is 1. The third-order valence-corrected chi connectivity index (χ3v) is 4.19. The Labute approximate surface area is 119 Å². The molecular formula is C11H13N5OS2. The second kappa shape index (κ2) is 8.35. The number of anilines is 1. The van der Waals surface area contributed by atoms with Crippen LogP contribution in [0.5, 0.6) is 0 Å². The molecule has 8 heteroatoms. The molecule has 1 aromatic heterocycles. The van der Waals surface area contributed by atoms with E-state index in [0.29, 0.717) is 18.2 Å². The van der Waals surface area contributed by atoms with Gasteiger partial charge in [-0.2, -0.15) is 10.5 Å². The summed E-state index contributed by atoms with van der Waals surface area (Å²) in [6.45, 7) is 0.727. The lowest BCUT2D eigenvalue weighted by atomic mass is 10.3. The fourth-order valence-corrected chi connectivity index (χ4v) is 2.96. The van der Waals surface area contributed by atoms with Crippen molar-refractivity contribution in [2.75, 3.05) is 24.6 Å². The van der Waals surface area contributed by atoms with Crippen molar-refractivity contribution in [3.05, 3.63) is 6.20 Å². The van der Waals surface area contributed by atoms with Gasteiger partial charge in [-0.1, -0.05) is 11.3 Å². The lowest BCUT2D eigenvalue weighted by Crippen LogP contribution is -2.34. The summed E-state index contributed by atoms with van der Waals surface area (Å²) < 4.78 is 0.881. The van der Waals surface area contributed by atoms with Crippen LogP contribution in [0.1, 0.15) is 12.8 Å². The molecule has 0 atom stereocenters. The van der Waals surface area contributed by atoms with Gasteiger partial charge in [0.15, 0.2) is 5.13 Å². The summed E-state index contributed by atoms with van der Waals surface area (Å²) in [5.41, 5.74) is 5.50. The van der Waals surface area contributed by atoms with E-state index in [9.17, 15) is 4.79 Å². The highest BCUT2D eigenvalue weighted by Gasteiger charge is 2.13. The summed E-state index contributed by atoms with van der Waals surface area (Å²) in [5.74, 6) is 0.181. The number of nitriles is 2. The quantitative estimate of drug-likeness (QED) is 0.763. The van der Waals surface area contributed by atoms with Gasteiger partial charge < -0.3 is 10.6 Å². The van der Waals surface area contributed by atoms with Gasteiger partial charge in [0, 0.05) is 13.1 Å². The molecule has 0 bridgehead atoms. The van der Waals surface area contributed by atoms with Gasteiger partial charge in [0.1, 0.15) is 0 Å². The van der Waals surface area contributed by atoms with E-state index >= 15 is 0 Å². The van der Waals surface area contributed by atoms with E-state index in [2.05, 4.69) is 4.98 Å². The van der Waals surface area contributed by atoms with Crippen LogP contribution in [0.15, 0.2) is 10.4 Å². The first-order valence-corrected chi connectivity index (χ1v) is 7.33. The summed E-state index contributed by atoms with van der Waals surface area (Å²) in [5, 5.41) is 17.6. The number of carbonyl (C=O) groups excluding carboxylic acids is 1. The molecule has 1 heterocycles. The predicted octanol–water partition coefficient (Wildman–Crippen LogP) is 1.47. The number of nitrogens with zero attached hydrogens (tertiary/aromatic N) is 4. The van der Waals surface area contributed by atoms with Gasteiger partial charge in [0.25, 0.3) is 0 Å². The second-order valence-electron chi connectivity index (χ2n) is 3.50. The van der Waals surface area contributed by atoms with Gasteiger partial charge in [0.05, 0.1) is 41.1 Å². The van der Waals surface area contributed by atoms with Gasteiger partial charge in [-0.3, -0.25) is 4.79 Å². The third-order valence-electron chi connectivity index (χ3n) is 2.18. The van der Waals surface area contributed by atoms with Gasteiger partial charge in [0.2, 0.25) is 5.91 Å². The summed E-state index contributed by atoms with van der Waals surface area (Å²) in [6, 6.07) is 4.00. The van der Waals surface area contributed by atoms with Crippen molar-refractivity contribution in [1.82, 2.24) is 9.88 Å². The monoisotopic (exact) mass is 295 g/mol. The number of thiazole rings is 1. The number of amides is 1. The molecule has 0 aromatic carbocycles. The molecule has 1 amide bonds. The lowest BCUT2D eigenvalue weighted by molar-refractivity contribution is -0.128. The topological polar surface area (TPSA) is 107 Å². The van der Waals surface area contributed by atoms with Crippen molar-refractivity contribution in [3.8, 4) is 12.1 Å². The first-order valence-electron chi connectivity index (χ1n) is 5.53. The fourth-order valence-electron chi connectivity index (χ4n) is 1.29. The number of hydrogen-bond acceptors (Lipinski definition) is 7. The maximum absolute atomic E-state index is 12.0. The van der Waals surface area contributed by atoms with E-state index in [1.54, 1.807) is 11.1 Å². The molecule has 0 saturated heterocycles. The molecule has 1 rings (SSSR count). The minimum Gasteiger partial charge on any atom is -0.375 e. The Hall–Kier alpha value is -1.77. The molecule has 0 aliphatic carbocycles. The summed E-state index contributed by atoms with van der Waals surface area (Å²) in [7, 11) is 0. The molecule has 2 N–H and O–H groups in total. The number of thioether (sulfide) groups is 1. The minimum atomic E-state index is -0.0810. The standard InChI is InChI=1S/C11H13N5OS2/c12-3-1-5-16(6-2-4-13)9(17)8-18-10-7-15-11(14)19-10/h7H,1-2,5-6,8H2,(H2,14,15). The van der Waals surface area contributed by atoms with Gasteiger partial charge in [-0.25, -0.2) is 4.98 Å². The van der Waals surface area contributed by atoms with Crippen molar-refractivity contribution in [3.63, 3.8) is 0 Å². The number of nitrogen functional groups attached to an aromatic ring is 1. The average molecular weight is 295 g/mol. The third kappa shape index (κ3) is 5.60. The highest BCUT2D eigenvalue weighted by Crippen LogP contribution is 2.26. The molecule has 19 heavy (non-hydrogen) atoms. The Morgan fingerprint density at radius 2 is 2.05 bits per heavy atom. The number of aromatic nitrogens is 1. The Kier molecular flexibility index (Phi) is 6.72. The molecule has 0 spiro atoms. The zero-order chi connectivity index (χ0) is 14.1. The molecular weight excluding hydrogens is 282 g/mol. The van der Waals surface area contributed by atoms with Crippen LogP contribution in [0.25, 0.3) is 0 Å². The average Bonchev–Trinajstić information content (AvgIpc) is 2.82. The highest BCUT2D eigenvalue weighted by molar-refractivity contribution is 8.01. The Balaban J connectivity index is 2.46. The van der Waals surface area contributed by atoms with Crippen molar-refractivity contribution in [1.29, 1.82) is 10.5 Å². The van der Waals surface area contributed by atoms with E-state index in [4.69, 9.17) is 16.3 Å². The van der Waals surface area contributed by atoms with Gasteiger partial charge in [-0.05, 0) is 0 Å². The zero-order valence-electron chi connectivity index (χ0n) is 10.2. The van der Waals surface area contributed by atoms with Crippen molar-refractivity contribution >= 4 is 34.1 Å². The lowest BCUT2D eigenvalue weighted by Gasteiger charge is -2.19. The molecule has 0 unspecified atom stereocenters. The first kappa shape index (κ1) is 15.3. The SMILES string of the molecule is N#CCCN(CCC#N)C(=O)CSc1cnc(N)s1. The second-order valence-corrected chi connectivity index (χ2v) is 5.84. The number of rotatable bonds is 7. The zero-order valence-corrected chi connectivity index (χ0v) is 11.8. The largest absolute Gasteiger partial charge is 0.375 e. The summed E-state index contributed by atoms with van der Waals surface area (Å²) in [4.78, 5) is 17.4. The normalized spacial score (nSPS) is 9.58. The van der Waals surface area contributed by atoms with Crippen LogP contribution in [0.3, 0.4) is 0 Å². The Morgan fingerprint density at radius 1 is 1.42 bits per heavy atom. The Morgan fingerprint density at radius 3 is 2.53 bits per heavy atom. The van der Waals surface area contributed by atoms with Crippen LogP contribution in [0.2, 0.25) is 0 Å².